The SMILES string of the molecule is C#CC[C@H](O[C@H](CO)[C@@H](O)OC)n1ccc(=O)[nH]c1=O. The standard InChI is InChI=1S/C12H16N2O6/c1-3-4-10(20-8(7-15)11(17)19-2)14-6-5-9(16)13-12(14)18/h1,5-6,8,10-11,15,17H,4,7H2,2H3,(H,13,16,18)/t8-,10+,11+/m1/s1. The normalized spacial score (nSPS) is 15.3. The van der Waals surface area contributed by atoms with Crippen molar-refractivity contribution in [2.45, 2.75) is 25.0 Å². The van der Waals surface area contributed by atoms with Crippen molar-refractivity contribution in [3.8, 4) is 12.3 Å². The second-order valence-corrected chi connectivity index (χ2v) is 3.86. The molecule has 3 atom stereocenters. The number of aromatic amines is 1. The molecule has 110 valence electrons. The Morgan fingerprint density at radius 2 is 2.25 bits per heavy atom. The molecule has 1 rings (SSSR count). The van der Waals surface area contributed by atoms with E-state index in [0.29, 0.717) is 0 Å². The van der Waals surface area contributed by atoms with E-state index in [9.17, 15) is 14.7 Å². The van der Waals surface area contributed by atoms with Crippen LogP contribution in [0.3, 0.4) is 0 Å². The number of aromatic nitrogens is 2. The number of aliphatic hydroxyl groups is 2. The molecule has 8 nitrogen and oxygen atoms in total. The van der Waals surface area contributed by atoms with Crippen LogP contribution in [-0.2, 0) is 9.47 Å². The van der Waals surface area contributed by atoms with Crippen molar-refractivity contribution in [2.24, 2.45) is 0 Å². The van der Waals surface area contributed by atoms with Crippen molar-refractivity contribution in [3.63, 3.8) is 0 Å². The fourth-order valence-corrected chi connectivity index (χ4v) is 1.52. The maximum Gasteiger partial charge on any atom is 0.330 e. The van der Waals surface area contributed by atoms with Crippen molar-refractivity contribution >= 4 is 0 Å². The van der Waals surface area contributed by atoms with Crippen molar-refractivity contribution in [3.05, 3.63) is 33.1 Å². The van der Waals surface area contributed by atoms with Crippen molar-refractivity contribution < 1.29 is 19.7 Å². The van der Waals surface area contributed by atoms with Gasteiger partial charge in [0.25, 0.3) is 5.56 Å². The van der Waals surface area contributed by atoms with E-state index in [1.807, 2.05) is 0 Å². The molecule has 1 heterocycles. The van der Waals surface area contributed by atoms with Crippen molar-refractivity contribution in [1.29, 1.82) is 0 Å². The fourth-order valence-electron chi connectivity index (χ4n) is 1.52. The van der Waals surface area contributed by atoms with E-state index in [0.717, 1.165) is 10.6 Å². The van der Waals surface area contributed by atoms with Crippen LogP contribution in [0.4, 0.5) is 0 Å². The summed E-state index contributed by atoms with van der Waals surface area (Å²) in [6.45, 7) is -0.534. The molecule has 0 spiro atoms. The third-order valence-electron chi connectivity index (χ3n) is 2.53. The summed E-state index contributed by atoms with van der Waals surface area (Å²) < 4.78 is 11.1. The van der Waals surface area contributed by atoms with Crippen molar-refractivity contribution in [1.82, 2.24) is 9.55 Å². The molecule has 0 saturated carbocycles. The highest BCUT2D eigenvalue weighted by Crippen LogP contribution is 2.15. The van der Waals surface area contributed by atoms with Gasteiger partial charge >= 0.3 is 5.69 Å². The van der Waals surface area contributed by atoms with Crippen LogP contribution in [0.2, 0.25) is 0 Å². The molecule has 1 aromatic rings. The molecule has 0 radical (unpaired) electrons. The number of aliphatic hydroxyl groups excluding tert-OH is 2. The van der Waals surface area contributed by atoms with Gasteiger partial charge in [0.2, 0.25) is 0 Å². The summed E-state index contributed by atoms with van der Waals surface area (Å²) in [5, 5.41) is 18.6. The summed E-state index contributed by atoms with van der Waals surface area (Å²) in [6, 6.07) is 1.13. The summed E-state index contributed by atoms with van der Waals surface area (Å²) in [6.07, 6.45) is 3.00. The molecule has 1 aromatic heterocycles. The van der Waals surface area contributed by atoms with Gasteiger partial charge in [-0.2, -0.15) is 0 Å². The number of rotatable bonds is 7. The molecule has 0 unspecified atom stereocenters. The van der Waals surface area contributed by atoms with Crippen LogP contribution in [0.5, 0.6) is 0 Å². The number of hydrogen-bond donors (Lipinski definition) is 3. The number of methoxy groups -OCH3 is 1. The summed E-state index contributed by atoms with van der Waals surface area (Å²) in [7, 11) is 1.24. The zero-order chi connectivity index (χ0) is 15.1. The quantitative estimate of drug-likeness (QED) is 0.410. The predicted molar refractivity (Wildman–Crippen MR) is 68.8 cm³/mol. The molecule has 0 aliphatic carbocycles. The lowest BCUT2D eigenvalue weighted by molar-refractivity contribution is -0.202. The lowest BCUT2D eigenvalue weighted by Crippen LogP contribution is -2.39. The molecule has 0 aliphatic heterocycles. The van der Waals surface area contributed by atoms with Gasteiger partial charge in [-0.1, -0.05) is 0 Å². The third-order valence-corrected chi connectivity index (χ3v) is 2.53. The molecule has 0 bridgehead atoms. The maximum absolute atomic E-state index is 11.7. The minimum absolute atomic E-state index is 0.00111. The Kier molecular flexibility index (Phi) is 6.14. The van der Waals surface area contributed by atoms with E-state index in [1.165, 1.54) is 13.3 Å². The fraction of sp³-hybridized carbons (Fsp3) is 0.500. The van der Waals surface area contributed by atoms with Crippen LogP contribution in [0, 0.1) is 12.3 Å². The number of H-pyrrole nitrogens is 1. The van der Waals surface area contributed by atoms with E-state index in [1.54, 1.807) is 0 Å². The molecule has 0 fully saturated rings. The smallest absolute Gasteiger partial charge is 0.330 e. The number of nitrogens with zero attached hydrogens (tertiary/aromatic N) is 1. The molecule has 20 heavy (non-hydrogen) atoms. The number of ether oxygens (including phenoxy) is 2. The van der Waals surface area contributed by atoms with E-state index < -0.39 is 36.5 Å². The van der Waals surface area contributed by atoms with Gasteiger partial charge in [-0.3, -0.25) is 14.3 Å². The van der Waals surface area contributed by atoms with Gasteiger partial charge in [0, 0.05) is 19.4 Å². The molecule has 0 saturated heterocycles. The van der Waals surface area contributed by atoms with Gasteiger partial charge < -0.3 is 19.7 Å². The first kappa shape index (κ1) is 16.1. The van der Waals surface area contributed by atoms with Crippen LogP contribution < -0.4 is 11.2 Å². The Balaban J connectivity index is 3.02. The highest BCUT2D eigenvalue weighted by Gasteiger charge is 2.24. The molecular weight excluding hydrogens is 268 g/mol. The first-order chi connectivity index (χ1) is 9.53. The van der Waals surface area contributed by atoms with Gasteiger partial charge in [-0.25, -0.2) is 4.79 Å². The second-order valence-electron chi connectivity index (χ2n) is 3.86. The first-order valence-corrected chi connectivity index (χ1v) is 5.75. The van der Waals surface area contributed by atoms with Crippen LogP contribution in [0.15, 0.2) is 21.9 Å². The van der Waals surface area contributed by atoms with Crippen LogP contribution in [0.1, 0.15) is 12.6 Å². The summed E-state index contributed by atoms with van der Waals surface area (Å²) in [5.74, 6) is 2.31. The minimum Gasteiger partial charge on any atom is -0.393 e. The molecule has 3 N–H and O–H groups in total. The second kappa shape index (κ2) is 7.62. The topological polar surface area (TPSA) is 114 Å². The van der Waals surface area contributed by atoms with Gasteiger partial charge in [0.1, 0.15) is 12.3 Å². The Morgan fingerprint density at radius 1 is 1.55 bits per heavy atom. The van der Waals surface area contributed by atoms with Gasteiger partial charge in [-0.05, 0) is 0 Å². The lowest BCUT2D eigenvalue weighted by atomic mass is 10.3. The Hall–Kier alpha value is -1.92. The predicted octanol–water partition coefficient (Wildman–Crippen LogP) is -1.60. The van der Waals surface area contributed by atoms with Crippen LogP contribution in [0.25, 0.3) is 0 Å². The van der Waals surface area contributed by atoms with E-state index >= 15 is 0 Å². The summed E-state index contributed by atoms with van der Waals surface area (Å²) in [5.41, 5.74) is -1.26. The molecular formula is C12H16N2O6. The van der Waals surface area contributed by atoms with Gasteiger partial charge in [-0.15, -0.1) is 12.3 Å². The summed E-state index contributed by atoms with van der Waals surface area (Å²) >= 11 is 0. The minimum atomic E-state index is -1.38. The Bertz CT molecular complexity index is 572. The van der Waals surface area contributed by atoms with Gasteiger partial charge in [0.05, 0.1) is 13.0 Å². The Morgan fingerprint density at radius 3 is 2.75 bits per heavy atom. The number of terminal acetylenes is 1. The average Bonchev–Trinajstić information content (AvgIpc) is 2.43. The molecule has 0 amide bonds. The number of nitrogens with one attached hydrogen (secondary N) is 1. The zero-order valence-corrected chi connectivity index (χ0v) is 10.9. The first-order valence-electron chi connectivity index (χ1n) is 5.75. The van der Waals surface area contributed by atoms with Gasteiger partial charge in [0.15, 0.2) is 6.29 Å². The third kappa shape index (κ3) is 4.04. The molecule has 8 heteroatoms. The van der Waals surface area contributed by atoms with Crippen LogP contribution >= 0.6 is 0 Å². The van der Waals surface area contributed by atoms with Crippen LogP contribution in [-0.4, -0.2) is 45.9 Å². The zero-order valence-electron chi connectivity index (χ0n) is 10.9. The van der Waals surface area contributed by atoms with E-state index in [4.69, 9.17) is 16.3 Å². The van der Waals surface area contributed by atoms with E-state index in [-0.39, 0.29) is 6.42 Å². The molecule has 0 aliphatic rings. The maximum atomic E-state index is 11.7. The highest BCUT2D eigenvalue weighted by atomic mass is 16.6. The average molecular weight is 284 g/mol. The highest BCUT2D eigenvalue weighted by molar-refractivity contribution is 4.91. The van der Waals surface area contributed by atoms with E-state index in [2.05, 4.69) is 15.6 Å². The largest absolute Gasteiger partial charge is 0.393 e. The molecule has 0 aromatic carbocycles. The lowest BCUT2D eigenvalue weighted by Gasteiger charge is -2.26. The monoisotopic (exact) mass is 284 g/mol. The number of hydrogen-bond acceptors (Lipinski definition) is 6. The van der Waals surface area contributed by atoms with Crippen molar-refractivity contribution in [2.75, 3.05) is 13.7 Å². The summed E-state index contributed by atoms with van der Waals surface area (Å²) in [4.78, 5) is 24.7. The Labute approximate surface area is 114 Å².